The Morgan fingerprint density at radius 1 is 1.22 bits per heavy atom. The maximum Gasteiger partial charge on any atom is 0.227 e. The third kappa shape index (κ3) is 3.12. The summed E-state index contributed by atoms with van der Waals surface area (Å²) in [5.74, 6) is 3.26. The SMILES string of the molecule is CCn1c(-c2cnc(C)nc2)nc2c(NC3CCN(C(=O)C4C5CCNC54)C3)ncnc21. The van der Waals surface area contributed by atoms with E-state index < -0.39 is 0 Å². The van der Waals surface area contributed by atoms with Crippen LogP contribution in [0.4, 0.5) is 5.82 Å². The van der Waals surface area contributed by atoms with Gasteiger partial charge in [-0.2, -0.15) is 0 Å². The van der Waals surface area contributed by atoms with Crippen molar-refractivity contribution in [3.8, 4) is 11.4 Å². The summed E-state index contributed by atoms with van der Waals surface area (Å²) in [6, 6.07) is 0.569. The van der Waals surface area contributed by atoms with Crippen molar-refractivity contribution in [3.05, 3.63) is 24.5 Å². The van der Waals surface area contributed by atoms with Gasteiger partial charge in [-0.05, 0) is 39.2 Å². The monoisotopic (exact) mass is 433 g/mol. The van der Waals surface area contributed by atoms with Gasteiger partial charge in [0, 0.05) is 44.1 Å². The van der Waals surface area contributed by atoms with Gasteiger partial charge in [0.15, 0.2) is 17.0 Å². The minimum absolute atomic E-state index is 0.154. The Bertz CT molecular complexity index is 1160. The van der Waals surface area contributed by atoms with Crippen LogP contribution in [0.1, 0.15) is 25.6 Å². The molecule has 2 N–H and O–H groups in total. The number of aromatic nitrogens is 6. The van der Waals surface area contributed by atoms with Crippen LogP contribution < -0.4 is 10.6 Å². The van der Waals surface area contributed by atoms with E-state index in [4.69, 9.17) is 4.98 Å². The molecule has 3 fully saturated rings. The molecule has 2 aliphatic heterocycles. The summed E-state index contributed by atoms with van der Waals surface area (Å²) >= 11 is 0. The third-order valence-electron chi connectivity index (χ3n) is 7.04. The van der Waals surface area contributed by atoms with Crippen LogP contribution in [0.2, 0.25) is 0 Å². The van der Waals surface area contributed by atoms with Crippen LogP contribution in [0.15, 0.2) is 18.7 Å². The lowest BCUT2D eigenvalue weighted by Crippen LogP contribution is -2.35. The van der Waals surface area contributed by atoms with Crippen molar-refractivity contribution in [2.75, 3.05) is 25.0 Å². The molecule has 1 amide bonds. The molecular weight excluding hydrogens is 406 g/mol. The minimum atomic E-state index is 0.154. The molecule has 5 heterocycles. The molecule has 1 saturated carbocycles. The molecule has 4 unspecified atom stereocenters. The molecule has 4 atom stereocenters. The zero-order chi connectivity index (χ0) is 21.8. The number of piperidine rings is 1. The van der Waals surface area contributed by atoms with Crippen LogP contribution in [0.25, 0.3) is 22.6 Å². The Morgan fingerprint density at radius 3 is 2.81 bits per heavy atom. The summed E-state index contributed by atoms with van der Waals surface area (Å²) in [5, 5.41) is 6.99. The highest BCUT2D eigenvalue weighted by Gasteiger charge is 2.58. The van der Waals surface area contributed by atoms with E-state index in [0.29, 0.717) is 30.2 Å². The number of hydrogen-bond acceptors (Lipinski definition) is 8. The second-order valence-electron chi connectivity index (χ2n) is 8.97. The Balaban J connectivity index is 1.23. The predicted octanol–water partition coefficient (Wildman–Crippen LogP) is 1.23. The number of likely N-dealkylation sites (tertiary alicyclic amines) is 1. The number of aryl methyl sites for hydroxylation is 2. The maximum atomic E-state index is 12.9. The summed E-state index contributed by atoms with van der Waals surface area (Å²) < 4.78 is 2.06. The van der Waals surface area contributed by atoms with E-state index in [1.807, 2.05) is 11.8 Å². The van der Waals surface area contributed by atoms with E-state index in [1.54, 1.807) is 18.7 Å². The first-order valence-electron chi connectivity index (χ1n) is 11.4. The van der Waals surface area contributed by atoms with Crippen molar-refractivity contribution in [1.82, 2.24) is 39.7 Å². The molecule has 3 aliphatic rings. The van der Waals surface area contributed by atoms with Crippen LogP contribution in [0.3, 0.4) is 0 Å². The summed E-state index contributed by atoms with van der Waals surface area (Å²) in [6.45, 7) is 7.19. The number of rotatable bonds is 5. The summed E-state index contributed by atoms with van der Waals surface area (Å²) in [6.07, 6.45) is 7.18. The number of nitrogens with one attached hydrogen (secondary N) is 2. The van der Waals surface area contributed by atoms with Gasteiger partial charge in [0.05, 0.1) is 11.5 Å². The highest BCUT2D eigenvalue weighted by molar-refractivity contribution is 5.87. The van der Waals surface area contributed by atoms with Crippen LogP contribution in [0, 0.1) is 18.8 Å². The molecule has 0 spiro atoms. The highest BCUT2D eigenvalue weighted by atomic mass is 16.2. The number of amides is 1. The van der Waals surface area contributed by atoms with Crippen LogP contribution >= 0.6 is 0 Å². The molecule has 10 heteroatoms. The van der Waals surface area contributed by atoms with E-state index in [1.165, 1.54) is 0 Å². The van der Waals surface area contributed by atoms with Crippen LogP contribution in [0.5, 0.6) is 0 Å². The zero-order valence-corrected chi connectivity index (χ0v) is 18.3. The first-order valence-corrected chi connectivity index (χ1v) is 11.4. The van der Waals surface area contributed by atoms with Gasteiger partial charge >= 0.3 is 0 Å². The molecule has 0 bridgehead atoms. The lowest BCUT2D eigenvalue weighted by atomic mass is 10.2. The standard InChI is InChI=1S/C22H27N9O/c1-3-31-20(13-8-24-12(2)25-9-13)29-18-19(26-11-27-21(18)31)28-14-5-7-30(10-14)22(32)16-15-4-6-23-17(15)16/h8-9,11,14-17,23H,3-7,10H2,1-2H3,(H,26,27,28). The molecule has 2 saturated heterocycles. The molecular formula is C22H27N9O. The van der Waals surface area contributed by atoms with Crippen molar-refractivity contribution < 1.29 is 4.79 Å². The highest BCUT2D eigenvalue weighted by Crippen LogP contribution is 2.46. The van der Waals surface area contributed by atoms with Gasteiger partial charge < -0.3 is 20.1 Å². The quantitative estimate of drug-likeness (QED) is 0.618. The fraction of sp³-hybridized carbons (Fsp3) is 0.545. The van der Waals surface area contributed by atoms with Crippen molar-refractivity contribution in [3.63, 3.8) is 0 Å². The van der Waals surface area contributed by atoms with Gasteiger partial charge in [0.2, 0.25) is 5.91 Å². The number of fused-ring (bicyclic) bond motifs is 2. The summed E-state index contributed by atoms with van der Waals surface area (Å²) in [5.41, 5.74) is 2.36. The van der Waals surface area contributed by atoms with Crippen LogP contribution in [-0.2, 0) is 11.3 Å². The van der Waals surface area contributed by atoms with Gasteiger partial charge in [-0.15, -0.1) is 0 Å². The van der Waals surface area contributed by atoms with Crippen molar-refractivity contribution >= 4 is 22.9 Å². The van der Waals surface area contributed by atoms with Gasteiger partial charge in [0.25, 0.3) is 0 Å². The smallest absolute Gasteiger partial charge is 0.227 e. The van der Waals surface area contributed by atoms with E-state index in [-0.39, 0.29) is 12.0 Å². The average Bonchev–Trinajstić information content (AvgIpc) is 3.23. The van der Waals surface area contributed by atoms with Gasteiger partial charge in [0.1, 0.15) is 18.0 Å². The molecule has 1 aliphatic carbocycles. The zero-order valence-electron chi connectivity index (χ0n) is 18.3. The molecule has 6 rings (SSSR count). The number of carbonyl (C=O) groups excluding carboxylic acids is 1. The fourth-order valence-electron chi connectivity index (χ4n) is 5.32. The van der Waals surface area contributed by atoms with Crippen LogP contribution in [-0.4, -0.2) is 72.0 Å². The van der Waals surface area contributed by atoms with E-state index >= 15 is 0 Å². The van der Waals surface area contributed by atoms with Gasteiger partial charge in [-0.3, -0.25) is 4.79 Å². The Hall–Kier alpha value is -3.14. The third-order valence-corrected chi connectivity index (χ3v) is 7.04. The molecule has 0 aromatic carbocycles. The second kappa shape index (κ2) is 7.47. The average molecular weight is 434 g/mol. The molecule has 10 nitrogen and oxygen atoms in total. The normalized spacial score (nSPS) is 26.5. The number of nitrogens with zero attached hydrogens (tertiary/aromatic N) is 7. The number of hydrogen-bond donors (Lipinski definition) is 2. The molecule has 3 aromatic rings. The number of anilines is 1. The van der Waals surface area contributed by atoms with Gasteiger partial charge in [-0.1, -0.05) is 0 Å². The first-order chi connectivity index (χ1) is 15.6. The number of carbonyl (C=O) groups is 1. The van der Waals surface area contributed by atoms with E-state index in [9.17, 15) is 4.79 Å². The minimum Gasteiger partial charge on any atom is -0.364 e. The van der Waals surface area contributed by atoms with Crippen molar-refractivity contribution in [2.24, 2.45) is 11.8 Å². The van der Waals surface area contributed by atoms with Gasteiger partial charge in [-0.25, -0.2) is 24.9 Å². The van der Waals surface area contributed by atoms with E-state index in [0.717, 1.165) is 60.9 Å². The van der Waals surface area contributed by atoms with Crippen molar-refractivity contribution in [1.29, 1.82) is 0 Å². The first kappa shape index (κ1) is 19.5. The lowest BCUT2D eigenvalue weighted by molar-refractivity contribution is -0.132. The second-order valence-corrected chi connectivity index (χ2v) is 8.97. The lowest BCUT2D eigenvalue weighted by Gasteiger charge is -2.18. The molecule has 0 radical (unpaired) electrons. The summed E-state index contributed by atoms with van der Waals surface area (Å²) in [4.78, 5) is 37.4. The molecule has 32 heavy (non-hydrogen) atoms. The Labute approximate surface area is 185 Å². The Kier molecular flexibility index (Phi) is 4.56. The molecule has 3 aromatic heterocycles. The van der Waals surface area contributed by atoms with Crippen molar-refractivity contribution in [2.45, 2.75) is 45.3 Å². The largest absolute Gasteiger partial charge is 0.364 e. The predicted molar refractivity (Wildman–Crippen MR) is 119 cm³/mol. The molecule has 166 valence electrons. The maximum absolute atomic E-state index is 12.9. The topological polar surface area (TPSA) is 114 Å². The Morgan fingerprint density at radius 2 is 2.06 bits per heavy atom. The summed E-state index contributed by atoms with van der Waals surface area (Å²) in [7, 11) is 0. The fourth-order valence-corrected chi connectivity index (χ4v) is 5.32. The number of imidazole rings is 1. The van der Waals surface area contributed by atoms with E-state index in [2.05, 4.69) is 42.1 Å².